The van der Waals surface area contributed by atoms with E-state index in [2.05, 4.69) is 0 Å². The number of fused-ring (bicyclic) bond motifs is 1. The fourth-order valence-electron chi connectivity index (χ4n) is 1.28. The summed E-state index contributed by atoms with van der Waals surface area (Å²) < 4.78 is 15.0. The summed E-state index contributed by atoms with van der Waals surface area (Å²) in [5, 5.41) is 0. The van der Waals surface area contributed by atoms with E-state index in [1.807, 2.05) is 0 Å². The monoisotopic (exact) mass is 194 g/mol. The maximum atomic E-state index is 11.4. The number of carbonyl (C=O) groups excluding carboxylic acids is 1. The van der Waals surface area contributed by atoms with E-state index >= 15 is 0 Å². The molecule has 0 saturated heterocycles. The van der Waals surface area contributed by atoms with E-state index in [4.69, 9.17) is 14.2 Å². The molecule has 14 heavy (non-hydrogen) atoms. The minimum atomic E-state index is -0.0641. The molecule has 0 atom stereocenters. The molecular weight excluding hydrogens is 184 g/mol. The average Bonchev–Trinajstić information content (AvgIpc) is 2.64. The van der Waals surface area contributed by atoms with Gasteiger partial charge in [-0.3, -0.25) is 4.79 Å². The Kier molecular flexibility index (Phi) is 2.37. The molecule has 2 rings (SSSR count). The largest absolute Gasteiger partial charge is 0.454 e. The van der Waals surface area contributed by atoms with Crippen LogP contribution < -0.4 is 9.47 Å². The average molecular weight is 194 g/mol. The second kappa shape index (κ2) is 3.67. The Labute approximate surface area is 81.4 Å². The summed E-state index contributed by atoms with van der Waals surface area (Å²) in [4.78, 5) is 11.4. The molecule has 0 spiro atoms. The normalized spacial score (nSPS) is 12.9. The first-order valence-electron chi connectivity index (χ1n) is 4.23. The minimum absolute atomic E-state index is 0.0641. The second-order valence-corrected chi connectivity index (χ2v) is 2.92. The number of ketones is 1. The number of hydrogen-bond acceptors (Lipinski definition) is 4. The van der Waals surface area contributed by atoms with Crippen LogP contribution in [0.3, 0.4) is 0 Å². The molecule has 1 aromatic carbocycles. The fourth-order valence-corrected chi connectivity index (χ4v) is 1.28. The van der Waals surface area contributed by atoms with Crippen molar-refractivity contribution in [3.05, 3.63) is 23.8 Å². The van der Waals surface area contributed by atoms with Crippen molar-refractivity contribution < 1.29 is 19.0 Å². The molecule has 1 aromatic rings. The van der Waals surface area contributed by atoms with Crippen LogP contribution in [-0.2, 0) is 4.74 Å². The van der Waals surface area contributed by atoms with Gasteiger partial charge >= 0.3 is 0 Å². The summed E-state index contributed by atoms with van der Waals surface area (Å²) in [6.07, 6.45) is 0. The first-order valence-corrected chi connectivity index (χ1v) is 4.23. The van der Waals surface area contributed by atoms with Gasteiger partial charge in [-0.25, -0.2) is 0 Å². The van der Waals surface area contributed by atoms with E-state index in [1.54, 1.807) is 18.2 Å². The lowest BCUT2D eigenvalue weighted by Crippen LogP contribution is -2.06. The predicted molar refractivity (Wildman–Crippen MR) is 48.8 cm³/mol. The zero-order valence-corrected chi connectivity index (χ0v) is 7.78. The van der Waals surface area contributed by atoms with E-state index in [9.17, 15) is 4.79 Å². The maximum Gasteiger partial charge on any atom is 0.231 e. The van der Waals surface area contributed by atoms with Crippen LogP contribution >= 0.6 is 0 Å². The van der Waals surface area contributed by atoms with Gasteiger partial charge in [0, 0.05) is 12.7 Å². The molecule has 1 heterocycles. The zero-order chi connectivity index (χ0) is 9.97. The van der Waals surface area contributed by atoms with Gasteiger partial charge in [0.25, 0.3) is 0 Å². The summed E-state index contributed by atoms with van der Waals surface area (Å²) in [5.41, 5.74) is 0.580. The molecule has 0 radical (unpaired) electrons. The lowest BCUT2D eigenvalue weighted by molar-refractivity contribution is 0.0847. The molecule has 0 aromatic heterocycles. The van der Waals surface area contributed by atoms with Crippen LogP contribution in [0.1, 0.15) is 10.4 Å². The number of ether oxygens (including phenoxy) is 3. The molecule has 0 aliphatic carbocycles. The Hall–Kier alpha value is -1.55. The van der Waals surface area contributed by atoms with Crippen molar-refractivity contribution in [2.75, 3.05) is 20.5 Å². The van der Waals surface area contributed by atoms with Gasteiger partial charge in [-0.15, -0.1) is 0 Å². The standard InChI is InChI=1S/C10H10O4/c1-12-5-8(11)7-2-3-9-10(4-7)14-6-13-9/h2-4H,5-6H2,1H3. The van der Waals surface area contributed by atoms with Crippen molar-refractivity contribution in [1.82, 2.24) is 0 Å². The first kappa shape index (κ1) is 9.02. The van der Waals surface area contributed by atoms with Gasteiger partial charge in [0.2, 0.25) is 6.79 Å². The van der Waals surface area contributed by atoms with E-state index < -0.39 is 0 Å². The van der Waals surface area contributed by atoms with Crippen LogP contribution in [0.15, 0.2) is 18.2 Å². The molecule has 0 N–H and O–H groups in total. The van der Waals surface area contributed by atoms with E-state index in [-0.39, 0.29) is 19.2 Å². The Balaban J connectivity index is 2.24. The highest BCUT2D eigenvalue weighted by atomic mass is 16.7. The second-order valence-electron chi connectivity index (χ2n) is 2.92. The van der Waals surface area contributed by atoms with Gasteiger partial charge in [-0.2, -0.15) is 0 Å². The number of rotatable bonds is 3. The summed E-state index contributed by atoms with van der Waals surface area (Å²) in [7, 11) is 1.49. The molecule has 0 bridgehead atoms. The van der Waals surface area contributed by atoms with Crippen molar-refractivity contribution in [2.45, 2.75) is 0 Å². The molecule has 1 aliphatic heterocycles. The molecule has 0 saturated carbocycles. The predicted octanol–water partition coefficient (Wildman–Crippen LogP) is 1.24. The third-order valence-corrected chi connectivity index (χ3v) is 1.97. The highest BCUT2D eigenvalue weighted by Gasteiger charge is 2.15. The third kappa shape index (κ3) is 1.56. The molecular formula is C10H10O4. The highest BCUT2D eigenvalue weighted by molar-refractivity contribution is 5.97. The summed E-state index contributed by atoms with van der Waals surface area (Å²) in [6, 6.07) is 5.10. The quantitative estimate of drug-likeness (QED) is 0.679. The van der Waals surface area contributed by atoms with Crippen LogP contribution in [0.4, 0.5) is 0 Å². The van der Waals surface area contributed by atoms with Crippen LogP contribution in [-0.4, -0.2) is 26.3 Å². The maximum absolute atomic E-state index is 11.4. The first-order chi connectivity index (χ1) is 6.81. The number of carbonyl (C=O) groups is 1. The van der Waals surface area contributed by atoms with Crippen LogP contribution in [0.2, 0.25) is 0 Å². The number of benzene rings is 1. The van der Waals surface area contributed by atoms with Crippen molar-refractivity contribution in [1.29, 1.82) is 0 Å². The number of Topliss-reactive ketones (excluding diaryl/α,β-unsaturated/α-hetero) is 1. The summed E-state index contributed by atoms with van der Waals surface area (Å²) in [6.45, 7) is 0.302. The van der Waals surface area contributed by atoms with E-state index in [0.717, 1.165) is 0 Å². The van der Waals surface area contributed by atoms with Crippen molar-refractivity contribution >= 4 is 5.78 Å². The molecule has 1 aliphatic rings. The van der Waals surface area contributed by atoms with Gasteiger partial charge in [-0.05, 0) is 18.2 Å². The fraction of sp³-hybridized carbons (Fsp3) is 0.300. The zero-order valence-electron chi connectivity index (χ0n) is 7.78. The lowest BCUT2D eigenvalue weighted by atomic mass is 10.1. The lowest BCUT2D eigenvalue weighted by Gasteiger charge is -2.00. The van der Waals surface area contributed by atoms with E-state index in [0.29, 0.717) is 17.1 Å². The summed E-state index contributed by atoms with van der Waals surface area (Å²) >= 11 is 0. The molecule has 74 valence electrons. The molecule has 4 heteroatoms. The van der Waals surface area contributed by atoms with Gasteiger partial charge in [0.05, 0.1) is 0 Å². The van der Waals surface area contributed by atoms with Crippen LogP contribution in [0.25, 0.3) is 0 Å². The van der Waals surface area contributed by atoms with Gasteiger partial charge in [0.1, 0.15) is 6.61 Å². The molecule has 0 fully saturated rings. The van der Waals surface area contributed by atoms with Crippen molar-refractivity contribution in [2.24, 2.45) is 0 Å². The third-order valence-electron chi connectivity index (χ3n) is 1.97. The molecule has 0 unspecified atom stereocenters. The summed E-state index contributed by atoms with van der Waals surface area (Å²) in [5.74, 6) is 1.23. The van der Waals surface area contributed by atoms with Crippen molar-refractivity contribution in [3.8, 4) is 11.5 Å². The topological polar surface area (TPSA) is 44.8 Å². The SMILES string of the molecule is COCC(=O)c1ccc2c(c1)OCO2. The van der Waals surface area contributed by atoms with Crippen LogP contribution in [0, 0.1) is 0 Å². The van der Waals surface area contributed by atoms with E-state index in [1.165, 1.54) is 7.11 Å². The highest BCUT2D eigenvalue weighted by Crippen LogP contribution is 2.32. The van der Waals surface area contributed by atoms with Crippen molar-refractivity contribution in [3.63, 3.8) is 0 Å². The van der Waals surface area contributed by atoms with Gasteiger partial charge in [0.15, 0.2) is 17.3 Å². The Morgan fingerprint density at radius 2 is 2.21 bits per heavy atom. The Bertz CT molecular complexity index is 359. The molecule has 4 nitrogen and oxygen atoms in total. The van der Waals surface area contributed by atoms with Gasteiger partial charge in [-0.1, -0.05) is 0 Å². The molecule has 0 amide bonds. The van der Waals surface area contributed by atoms with Crippen LogP contribution in [0.5, 0.6) is 11.5 Å². The number of hydrogen-bond donors (Lipinski definition) is 0. The van der Waals surface area contributed by atoms with Gasteiger partial charge < -0.3 is 14.2 Å². The number of methoxy groups -OCH3 is 1. The Morgan fingerprint density at radius 1 is 1.43 bits per heavy atom. The smallest absolute Gasteiger partial charge is 0.231 e. The Morgan fingerprint density at radius 3 is 3.00 bits per heavy atom. The minimum Gasteiger partial charge on any atom is -0.454 e.